The molecule has 0 aliphatic rings. The zero-order valence-electron chi connectivity index (χ0n) is 16.4. The highest BCUT2D eigenvalue weighted by molar-refractivity contribution is 7.92. The number of carbonyl (C=O) groups excluding carboxylic acids is 1. The quantitative estimate of drug-likeness (QED) is 0.483. The van der Waals surface area contributed by atoms with Crippen LogP contribution < -0.4 is 10.0 Å². The summed E-state index contributed by atoms with van der Waals surface area (Å²) in [5.74, 6) is -0.794. The summed E-state index contributed by atoms with van der Waals surface area (Å²) in [6, 6.07) is 10.8. The van der Waals surface area contributed by atoms with Crippen LogP contribution in [0.2, 0.25) is 0 Å². The van der Waals surface area contributed by atoms with Gasteiger partial charge in [0.15, 0.2) is 0 Å². The van der Waals surface area contributed by atoms with Crippen molar-refractivity contribution in [3.05, 3.63) is 76.0 Å². The highest BCUT2D eigenvalue weighted by atomic mass is 32.2. The number of hydrogen-bond acceptors (Lipinski definition) is 5. The maximum Gasteiger partial charge on any atom is 0.261 e. The van der Waals surface area contributed by atoms with Gasteiger partial charge in [-0.2, -0.15) is 0 Å². The van der Waals surface area contributed by atoms with Crippen LogP contribution in [0.25, 0.3) is 0 Å². The van der Waals surface area contributed by atoms with Crippen LogP contribution in [0.15, 0.2) is 58.8 Å². The van der Waals surface area contributed by atoms with Crippen molar-refractivity contribution >= 4 is 33.0 Å². The molecular weight excluding hydrogens is 425 g/mol. The Morgan fingerprint density at radius 3 is 2.60 bits per heavy atom. The van der Waals surface area contributed by atoms with Gasteiger partial charge in [-0.25, -0.2) is 17.8 Å². The number of rotatable bonds is 9. The standard InChI is InChI=1S/C21H22FN3O3S2/c1-15-14-29-20(24-15)7-2-3-12-23-21(26)16-5-4-6-19(13-16)30(27,28)25-18-10-8-17(22)9-11-18/h4-6,8-11,13-14,25H,2-3,7,12H2,1H3,(H,23,26). The second kappa shape index (κ2) is 9.82. The molecule has 0 radical (unpaired) electrons. The Labute approximate surface area is 179 Å². The molecule has 0 aliphatic carbocycles. The molecule has 0 atom stereocenters. The van der Waals surface area contributed by atoms with Crippen molar-refractivity contribution in [2.75, 3.05) is 11.3 Å². The molecule has 0 fully saturated rings. The maximum atomic E-state index is 13.0. The molecular formula is C21H22FN3O3S2. The predicted octanol–water partition coefficient (Wildman–Crippen LogP) is 4.14. The van der Waals surface area contributed by atoms with E-state index in [1.54, 1.807) is 17.4 Å². The lowest BCUT2D eigenvalue weighted by Gasteiger charge is -2.10. The minimum absolute atomic E-state index is 0.0429. The van der Waals surface area contributed by atoms with Crippen LogP contribution in [0, 0.1) is 12.7 Å². The van der Waals surface area contributed by atoms with Crippen molar-refractivity contribution in [2.45, 2.75) is 31.1 Å². The van der Waals surface area contributed by atoms with E-state index in [2.05, 4.69) is 15.0 Å². The number of carbonyl (C=O) groups is 1. The monoisotopic (exact) mass is 447 g/mol. The average molecular weight is 448 g/mol. The summed E-state index contributed by atoms with van der Waals surface area (Å²) >= 11 is 1.64. The zero-order chi connectivity index (χ0) is 21.6. The molecule has 158 valence electrons. The highest BCUT2D eigenvalue weighted by Gasteiger charge is 2.16. The molecule has 3 aromatic rings. The number of benzene rings is 2. The number of hydrogen-bond donors (Lipinski definition) is 2. The van der Waals surface area contributed by atoms with Crippen LogP contribution >= 0.6 is 11.3 Å². The summed E-state index contributed by atoms with van der Waals surface area (Å²) < 4.78 is 40.5. The van der Waals surface area contributed by atoms with Gasteiger partial charge in [-0.1, -0.05) is 6.07 Å². The van der Waals surface area contributed by atoms with E-state index < -0.39 is 15.8 Å². The smallest absolute Gasteiger partial charge is 0.261 e. The molecule has 1 amide bonds. The first-order chi connectivity index (χ1) is 14.3. The van der Waals surface area contributed by atoms with E-state index in [9.17, 15) is 17.6 Å². The molecule has 3 rings (SSSR count). The minimum atomic E-state index is -3.90. The summed E-state index contributed by atoms with van der Waals surface area (Å²) in [6.07, 6.45) is 2.58. The van der Waals surface area contributed by atoms with E-state index in [-0.39, 0.29) is 22.1 Å². The summed E-state index contributed by atoms with van der Waals surface area (Å²) in [5.41, 5.74) is 1.52. The number of unbranched alkanes of at least 4 members (excludes halogenated alkanes) is 1. The van der Waals surface area contributed by atoms with Crippen molar-refractivity contribution < 1.29 is 17.6 Å². The van der Waals surface area contributed by atoms with E-state index in [0.717, 1.165) is 42.1 Å². The van der Waals surface area contributed by atoms with Gasteiger partial charge in [-0.05, 0) is 68.7 Å². The molecule has 0 saturated carbocycles. The van der Waals surface area contributed by atoms with E-state index in [1.165, 1.54) is 30.3 Å². The van der Waals surface area contributed by atoms with Gasteiger partial charge in [-0.3, -0.25) is 9.52 Å². The predicted molar refractivity (Wildman–Crippen MR) is 116 cm³/mol. The topological polar surface area (TPSA) is 88.2 Å². The molecule has 2 N–H and O–H groups in total. The number of nitrogens with zero attached hydrogens (tertiary/aromatic N) is 1. The normalized spacial score (nSPS) is 11.3. The maximum absolute atomic E-state index is 13.0. The largest absolute Gasteiger partial charge is 0.352 e. The Bertz CT molecular complexity index is 1110. The number of aromatic nitrogens is 1. The van der Waals surface area contributed by atoms with Crippen LogP contribution in [-0.4, -0.2) is 25.9 Å². The van der Waals surface area contributed by atoms with Gasteiger partial charge in [0.1, 0.15) is 5.82 Å². The molecule has 1 aromatic heterocycles. The summed E-state index contributed by atoms with van der Waals surface area (Å²) in [7, 11) is -3.90. The lowest BCUT2D eigenvalue weighted by atomic mass is 10.2. The number of thiazole rings is 1. The SMILES string of the molecule is Cc1csc(CCCCNC(=O)c2cccc(S(=O)(=O)Nc3ccc(F)cc3)c2)n1. The summed E-state index contributed by atoms with van der Waals surface area (Å²) in [5, 5.41) is 5.92. The van der Waals surface area contributed by atoms with Crippen LogP contribution in [-0.2, 0) is 16.4 Å². The van der Waals surface area contributed by atoms with Gasteiger partial charge in [-0.15, -0.1) is 11.3 Å². The van der Waals surface area contributed by atoms with Gasteiger partial charge in [0.05, 0.1) is 9.90 Å². The van der Waals surface area contributed by atoms with Crippen molar-refractivity contribution in [2.24, 2.45) is 0 Å². The molecule has 6 nitrogen and oxygen atoms in total. The molecule has 30 heavy (non-hydrogen) atoms. The van der Waals surface area contributed by atoms with Gasteiger partial charge in [0.2, 0.25) is 0 Å². The van der Waals surface area contributed by atoms with Gasteiger partial charge < -0.3 is 5.32 Å². The van der Waals surface area contributed by atoms with Crippen LogP contribution in [0.3, 0.4) is 0 Å². The number of amides is 1. The first-order valence-corrected chi connectivity index (χ1v) is 11.8. The Hall–Kier alpha value is -2.78. The average Bonchev–Trinajstić information content (AvgIpc) is 3.14. The molecule has 0 saturated heterocycles. The fourth-order valence-corrected chi connectivity index (χ4v) is 4.68. The van der Waals surface area contributed by atoms with Gasteiger partial charge in [0.25, 0.3) is 15.9 Å². The Morgan fingerprint density at radius 2 is 1.90 bits per heavy atom. The fraction of sp³-hybridized carbons (Fsp3) is 0.238. The highest BCUT2D eigenvalue weighted by Crippen LogP contribution is 2.18. The number of anilines is 1. The first kappa shape index (κ1) is 21.9. The van der Waals surface area contributed by atoms with Gasteiger partial charge in [0, 0.05) is 28.9 Å². The number of nitrogens with one attached hydrogen (secondary N) is 2. The lowest BCUT2D eigenvalue weighted by molar-refractivity contribution is 0.0953. The Morgan fingerprint density at radius 1 is 1.13 bits per heavy atom. The Balaban J connectivity index is 1.54. The van der Waals surface area contributed by atoms with Crippen molar-refractivity contribution in [1.29, 1.82) is 0 Å². The first-order valence-electron chi connectivity index (χ1n) is 9.41. The second-order valence-electron chi connectivity index (χ2n) is 6.74. The molecule has 0 aliphatic heterocycles. The number of halogens is 1. The Kier molecular flexibility index (Phi) is 7.17. The molecule has 0 spiro atoms. The molecule has 1 heterocycles. The molecule has 9 heteroatoms. The van der Waals surface area contributed by atoms with Crippen LogP contribution in [0.5, 0.6) is 0 Å². The molecule has 0 unspecified atom stereocenters. The second-order valence-corrected chi connectivity index (χ2v) is 9.36. The van der Waals surface area contributed by atoms with Crippen LogP contribution in [0.1, 0.15) is 33.9 Å². The molecule has 2 aromatic carbocycles. The van der Waals surface area contributed by atoms with Crippen molar-refractivity contribution in [3.63, 3.8) is 0 Å². The zero-order valence-corrected chi connectivity index (χ0v) is 18.0. The summed E-state index contributed by atoms with van der Waals surface area (Å²) in [4.78, 5) is 16.7. The van der Waals surface area contributed by atoms with E-state index in [0.29, 0.717) is 6.54 Å². The number of aryl methyl sites for hydroxylation is 2. The summed E-state index contributed by atoms with van der Waals surface area (Å²) in [6.45, 7) is 2.46. The third-order valence-electron chi connectivity index (χ3n) is 4.27. The van der Waals surface area contributed by atoms with Crippen molar-refractivity contribution in [1.82, 2.24) is 10.3 Å². The lowest BCUT2D eigenvalue weighted by Crippen LogP contribution is -2.25. The molecule has 0 bridgehead atoms. The number of sulfonamides is 1. The fourth-order valence-electron chi connectivity index (χ4n) is 2.76. The van der Waals surface area contributed by atoms with E-state index in [4.69, 9.17) is 0 Å². The van der Waals surface area contributed by atoms with E-state index in [1.807, 2.05) is 12.3 Å². The minimum Gasteiger partial charge on any atom is -0.352 e. The van der Waals surface area contributed by atoms with Gasteiger partial charge >= 0.3 is 0 Å². The van der Waals surface area contributed by atoms with Crippen molar-refractivity contribution in [3.8, 4) is 0 Å². The third kappa shape index (κ3) is 6.11. The third-order valence-corrected chi connectivity index (χ3v) is 6.68. The van der Waals surface area contributed by atoms with E-state index >= 15 is 0 Å². The van der Waals surface area contributed by atoms with Crippen LogP contribution in [0.4, 0.5) is 10.1 Å².